The van der Waals surface area contributed by atoms with Crippen molar-refractivity contribution in [2.45, 2.75) is 57.8 Å². The summed E-state index contributed by atoms with van der Waals surface area (Å²) in [6, 6.07) is 9.45. The predicted molar refractivity (Wildman–Crippen MR) is 109 cm³/mol. The van der Waals surface area contributed by atoms with E-state index < -0.39 is 12.3 Å². The van der Waals surface area contributed by atoms with Crippen molar-refractivity contribution < 1.29 is 19.1 Å². The summed E-state index contributed by atoms with van der Waals surface area (Å²) in [6.45, 7) is 2.56. The molecule has 1 aliphatic carbocycles. The van der Waals surface area contributed by atoms with Gasteiger partial charge in [-0.2, -0.15) is 0 Å². The van der Waals surface area contributed by atoms with Crippen molar-refractivity contribution in [3.8, 4) is 0 Å². The Hall–Kier alpha value is -1.92. The molecule has 1 aromatic rings. The Morgan fingerprint density at radius 1 is 1.11 bits per heavy atom. The zero-order chi connectivity index (χ0) is 20.4. The number of rotatable bonds is 10. The highest BCUT2D eigenvalue weighted by Gasteiger charge is 2.33. The summed E-state index contributed by atoms with van der Waals surface area (Å²) in [7, 11) is 3.09. The molecule has 2 amide bonds. The van der Waals surface area contributed by atoms with E-state index >= 15 is 0 Å². The van der Waals surface area contributed by atoms with Gasteiger partial charge in [-0.1, -0.05) is 49.6 Å². The van der Waals surface area contributed by atoms with E-state index in [0.717, 1.165) is 32.1 Å². The van der Waals surface area contributed by atoms with Gasteiger partial charge in [0.2, 0.25) is 11.8 Å². The van der Waals surface area contributed by atoms with Gasteiger partial charge in [-0.3, -0.25) is 9.59 Å². The minimum absolute atomic E-state index is 0.0114. The monoisotopic (exact) mass is 390 g/mol. The van der Waals surface area contributed by atoms with E-state index in [0.29, 0.717) is 6.54 Å². The van der Waals surface area contributed by atoms with Gasteiger partial charge >= 0.3 is 0 Å². The number of ether oxygens (including phenoxy) is 2. The number of hydrogen-bond donors (Lipinski definition) is 1. The predicted octanol–water partition coefficient (Wildman–Crippen LogP) is 2.76. The molecule has 1 aliphatic rings. The van der Waals surface area contributed by atoms with Crippen molar-refractivity contribution in [3.63, 3.8) is 0 Å². The molecule has 0 heterocycles. The van der Waals surface area contributed by atoms with E-state index in [9.17, 15) is 9.59 Å². The summed E-state index contributed by atoms with van der Waals surface area (Å²) in [5, 5.41) is 2.96. The van der Waals surface area contributed by atoms with Crippen molar-refractivity contribution in [2.75, 3.05) is 27.3 Å². The summed E-state index contributed by atoms with van der Waals surface area (Å²) in [5.41, 5.74) is 1.17. The lowest BCUT2D eigenvalue weighted by molar-refractivity contribution is -0.157. The Labute approximate surface area is 168 Å². The topological polar surface area (TPSA) is 67.9 Å². The normalized spacial score (nSPS) is 16.0. The molecule has 0 bridgehead atoms. The summed E-state index contributed by atoms with van der Waals surface area (Å²) in [4.78, 5) is 27.5. The molecule has 0 aliphatic heterocycles. The smallest absolute Gasteiger partial charge is 0.242 e. The number of carbonyl (C=O) groups is 2. The first-order valence-electron chi connectivity index (χ1n) is 10.2. The molecule has 0 spiro atoms. The largest absolute Gasteiger partial charge is 0.354 e. The van der Waals surface area contributed by atoms with Crippen LogP contribution in [0, 0.1) is 5.92 Å². The van der Waals surface area contributed by atoms with Gasteiger partial charge in [0.05, 0.1) is 6.54 Å². The van der Waals surface area contributed by atoms with Crippen LogP contribution in [0.4, 0.5) is 0 Å². The molecule has 1 atom stereocenters. The maximum absolute atomic E-state index is 13.1. The number of methoxy groups -OCH3 is 2. The third-order valence-electron chi connectivity index (χ3n) is 5.51. The van der Waals surface area contributed by atoms with E-state index in [1.165, 1.54) is 12.0 Å². The summed E-state index contributed by atoms with van der Waals surface area (Å²) >= 11 is 0. The molecule has 28 heavy (non-hydrogen) atoms. The number of amides is 2. The molecular formula is C22H34N2O4. The van der Waals surface area contributed by atoms with Gasteiger partial charge < -0.3 is 19.7 Å². The minimum atomic E-state index is -0.571. The van der Waals surface area contributed by atoms with Crippen LogP contribution in [0.2, 0.25) is 0 Å². The van der Waals surface area contributed by atoms with E-state index in [1.807, 2.05) is 30.3 Å². The molecule has 0 radical (unpaired) electrons. The van der Waals surface area contributed by atoms with Gasteiger partial charge in [0.25, 0.3) is 0 Å². The molecular weight excluding hydrogens is 356 g/mol. The molecule has 6 nitrogen and oxygen atoms in total. The third kappa shape index (κ3) is 6.60. The van der Waals surface area contributed by atoms with Crippen molar-refractivity contribution in [1.82, 2.24) is 10.2 Å². The number of nitrogens with zero attached hydrogens (tertiary/aromatic N) is 1. The maximum Gasteiger partial charge on any atom is 0.242 e. The van der Waals surface area contributed by atoms with E-state index in [1.54, 1.807) is 26.0 Å². The number of nitrogens with one attached hydrogen (secondary N) is 1. The van der Waals surface area contributed by atoms with Crippen LogP contribution in [-0.2, 0) is 25.5 Å². The molecule has 1 fully saturated rings. The highest BCUT2D eigenvalue weighted by atomic mass is 16.7. The van der Waals surface area contributed by atoms with Crippen molar-refractivity contribution in [3.05, 3.63) is 35.9 Å². The van der Waals surface area contributed by atoms with Crippen molar-refractivity contribution in [2.24, 2.45) is 5.92 Å². The zero-order valence-corrected chi connectivity index (χ0v) is 17.4. The van der Waals surface area contributed by atoms with E-state index in [-0.39, 0.29) is 24.3 Å². The second-order valence-electron chi connectivity index (χ2n) is 7.43. The lowest BCUT2D eigenvalue weighted by atomic mass is 9.88. The van der Waals surface area contributed by atoms with E-state index in [4.69, 9.17) is 9.47 Å². The third-order valence-corrected chi connectivity index (χ3v) is 5.51. The first kappa shape index (κ1) is 22.4. The standard InChI is InChI=1S/C22H34N2O4/c1-17(21(25)23-15-14-18-10-6-4-7-11-18)24(16-20(27-2)28-3)22(26)19-12-8-5-9-13-19/h4,6-7,10-11,17,19-20H,5,8-9,12-16H2,1-3H3,(H,23,25). The summed E-state index contributed by atoms with van der Waals surface area (Å²) < 4.78 is 10.6. The maximum atomic E-state index is 13.1. The van der Waals surface area contributed by atoms with Crippen LogP contribution < -0.4 is 5.32 Å². The first-order chi connectivity index (χ1) is 13.6. The molecule has 6 heteroatoms. The Kier molecular flexibility index (Phi) is 9.44. The molecule has 1 unspecified atom stereocenters. The van der Waals surface area contributed by atoms with Crippen molar-refractivity contribution in [1.29, 1.82) is 0 Å². The number of hydrogen-bond acceptors (Lipinski definition) is 4. The number of carbonyl (C=O) groups excluding carboxylic acids is 2. The number of benzene rings is 1. The van der Waals surface area contributed by atoms with Gasteiger partial charge in [-0.25, -0.2) is 0 Å². The van der Waals surface area contributed by atoms with Crippen LogP contribution in [0.25, 0.3) is 0 Å². The molecule has 1 saturated carbocycles. The lowest BCUT2D eigenvalue weighted by Crippen LogP contribution is -2.53. The first-order valence-corrected chi connectivity index (χ1v) is 10.2. The summed E-state index contributed by atoms with van der Waals surface area (Å²) in [6.07, 6.45) is 5.31. The highest BCUT2D eigenvalue weighted by molar-refractivity contribution is 5.88. The van der Waals surface area contributed by atoms with Gasteiger partial charge in [-0.15, -0.1) is 0 Å². The van der Waals surface area contributed by atoms with Crippen LogP contribution in [0.5, 0.6) is 0 Å². The van der Waals surface area contributed by atoms with Crippen LogP contribution in [0.1, 0.15) is 44.6 Å². The Morgan fingerprint density at radius 2 is 1.75 bits per heavy atom. The zero-order valence-electron chi connectivity index (χ0n) is 17.4. The Bertz CT molecular complexity index is 598. The van der Waals surface area contributed by atoms with Gasteiger partial charge in [0.15, 0.2) is 6.29 Å². The molecule has 1 N–H and O–H groups in total. The fourth-order valence-electron chi connectivity index (χ4n) is 3.69. The van der Waals surface area contributed by atoms with E-state index in [2.05, 4.69) is 5.32 Å². The Balaban J connectivity index is 1.98. The minimum Gasteiger partial charge on any atom is -0.354 e. The van der Waals surface area contributed by atoms with Crippen LogP contribution in [0.3, 0.4) is 0 Å². The molecule has 1 aromatic carbocycles. The Morgan fingerprint density at radius 3 is 2.36 bits per heavy atom. The second kappa shape index (κ2) is 11.8. The molecule has 0 aromatic heterocycles. The van der Waals surface area contributed by atoms with Gasteiger partial charge in [0, 0.05) is 26.7 Å². The fraction of sp³-hybridized carbons (Fsp3) is 0.636. The average Bonchev–Trinajstić information content (AvgIpc) is 2.75. The van der Waals surface area contributed by atoms with Crippen LogP contribution in [0.15, 0.2) is 30.3 Å². The average molecular weight is 391 g/mol. The second-order valence-corrected chi connectivity index (χ2v) is 7.43. The SMILES string of the molecule is COC(CN(C(=O)C1CCCCC1)C(C)C(=O)NCCc1ccccc1)OC. The summed E-state index contributed by atoms with van der Waals surface area (Å²) in [5.74, 6) is -0.127. The van der Waals surface area contributed by atoms with Gasteiger partial charge in [0.1, 0.15) is 6.04 Å². The van der Waals surface area contributed by atoms with Crippen LogP contribution in [-0.4, -0.2) is 56.4 Å². The molecule has 156 valence electrons. The lowest BCUT2D eigenvalue weighted by Gasteiger charge is -2.34. The highest BCUT2D eigenvalue weighted by Crippen LogP contribution is 2.26. The van der Waals surface area contributed by atoms with Crippen molar-refractivity contribution >= 4 is 11.8 Å². The fourth-order valence-corrected chi connectivity index (χ4v) is 3.69. The van der Waals surface area contributed by atoms with Gasteiger partial charge in [-0.05, 0) is 31.7 Å². The van der Waals surface area contributed by atoms with Crippen LogP contribution >= 0.6 is 0 Å². The molecule has 2 rings (SSSR count). The molecule has 0 saturated heterocycles. The quantitative estimate of drug-likeness (QED) is 0.624.